The molecule has 0 N–H and O–H groups in total. The van der Waals surface area contributed by atoms with Gasteiger partial charge in [-0.3, -0.25) is 4.98 Å². The van der Waals surface area contributed by atoms with Crippen molar-refractivity contribution in [3.05, 3.63) is 24.5 Å². The number of rotatable bonds is 5. The summed E-state index contributed by atoms with van der Waals surface area (Å²) in [4.78, 5) is 16.1. The van der Waals surface area contributed by atoms with E-state index in [0.29, 0.717) is 12.4 Å². The van der Waals surface area contributed by atoms with Crippen LogP contribution in [0.3, 0.4) is 0 Å². The first-order valence-corrected chi connectivity index (χ1v) is 7.04. The fraction of sp³-hybridized carbons (Fsp3) is 0.600. The first-order valence-electron chi connectivity index (χ1n) is 7.04. The fourth-order valence-electron chi connectivity index (χ4n) is 2.56. The fourth-order valence-corrected chi connectivity index (χ4v) is 2.56. The molecule has 1 aliphatic carbocycles. The molecule has 0 bridgehead atoms. The highest BCUT2D eigenvalue weighted by Crippen LogP contribution is 2.29. The van der Waals surface area contributed by atoms with Gasteiger partial charge in [0.2, 0.25) is 0 Å². The molecule has 1 aromatic heterocycles. The molecule has 0 radical (unpaired) electrons. The normalized spacial score (nSPS) is 17.7. The smallest absolute Gasteiger partial charge is 0.347 e. The Morgan fingerprint density at radius 3 is 2.84 bits per heavy atom. The topological polar surface area (TPSA) is 48.4 Å². The van der Waals surface area contributed by atoms with Gasteiger partial charge in [-0.2, -0.15) is 0 Å². The average Bonchev–Trinajstić information content (AvgIpc) is 2.47. The number of ether oxygens (including phenoxy) is 2. The van der Waals surface area contributed by atoms with Crippen molar-refractivity contribution < 1.29 is 14.3 Å². The minimum absolute atomic E-state index is 0.252. The summed E-state index contributed by atoms with van der Waals surface area (Å²) in [6.45, 7) is 2.21. The van der Waals surface area contributed by atoms with Crippen LogP contribution in [0.5, 0.6) is 5.75 Å². The predicted octanol–water partition coefficient (Wildman–Crippen LogP) is 2.97. The highest BCUT2D eigenvalue weighted by molar-refractivity contribution is 5.75. The van der Waals surface area contributed by atoms with Gasteiger partial charge in [0.1, 0.15) is 5.75 Å². The van der Waals surface area contributed by atoms with Crippen molar-refractivity contribution in [2.75, 3.05) is 6.61 Å². The Morgan fingerprint density at radius 1 is 1.42 bits per heavy atom. The van der Waals surface area contributed by atoms with E-state index in [-0.39, 0.29) is 11.9 Å². The number of carbonyl (C=O) groups excluding carboxylic acids is 1. The van der Waals surface area contributed by atoms with Crippen molar-refractivity contribution in [2.24, 2.45) is 5.92 Å². The predicted molar refractivity (Wildman–Crippen MR) is 71.9 cm³/mol. The summed E-state index contributed by atoms with van der Waals surface area (Å²) in [5, 5.41) is 0. The van der Waals surface area contributed by atoms with Gasteiger partial charge in [-0.05, 0) is 31.9 Å². The highest BCUT2D eigenvalue weighted by Gasteiger charge is 2.32. The van der Waals surface area contributed by atoms with E-state index in [9.17, 15) is 4.79 Å². The van der Waals surface area contributed by atoms with Gasteiger partial charge < -0.3 is 9.47 Å². The van der Waals surface area contributed by atoms with Crippen LogP contribution in [0.4, 0.5) is 0 Å². The van der Waals surface area contributed by atoms with Gasteiger partial charge in [0, 0.05) is 12.1 Å². The Labute approximate surface area is 114 Å². The molecule has 0 aromatic carbocycles. The number of nitrogens with zero attached hydrogens (tertiary/aromatic N) is 1. The summed E-state index contributed by atoms with van der Waals surface area (Å²) in [5.41, 5.74) is 0. The first-order chi connectivity index (χ1) is 9.31. The van der Waals surface area contributed by atoms with Crippen LogP contribution in [-0.2, 0) is 9.53 Å². The second-order valence-corrected chi connectivity index (χ2v) is 4.88. The molecule has 4 heteroatoms. The van der Waals surface area contributed by atoms with Crippen molar-refractivity contribution in [1.29, 1.82) is 0 Å². The Balaban J connectivity index is 2.06. The second kappa shape index (κ2) is 7.12. The van der Waals surface area contributed by atoms with Crippen molar-refractivity contribution >= 4 is 5.97 Å². The van der Waals surface area contributed by atoms with Crippen LogP contribution >= 0.6 is 0 Å². The summed E-state index contributed by atoms with van der Waals surface area (Å²) < 4.78 is 11.0. The number of pyridine rings is 1. The summed E-state index contributed by atoms with van der Waals surface area (Å²) in [6.07, 6.45) is 8.46. The van der Waals surface area contributed by atoms with Crippen molar-refractivity contribution in [2.45, 2.75) is 45.1 Å². The lowest BCUT2D eigenvalue weighted by molar-refractivity contribution is -0.154. The molecule has 104 valence electrons. The number of hydrogen-bond donors (Lipinski definition) is 0. The molecule has 1 fully saturated rings. The van der Waals surface area contributed by atoms with Crippen molar-refractivity contribution in [3.8, 4) is 5.75 Å². The lowest BCUT2D eigenvalue weighted by atomic mass is 9.85. The van der Waals surface area contributed by atoms with E-state index in [0.717, 1.165) is 25.7 Å². The lowest BCUT2D eigenvalue weighted by Gasteiger charge is -2.28. The molecule has 1 saturated carbocycles. The quantitative estimate of drug-likeness (QED) is 0.766. The van der Waals surface area contributed by atoms with E-state index in [1.54, 1.807) is 18.5 Å². The van der Waals surface area contributed by atoms with Gasteiger partial charge in [0.05, 0.1) is 12.8 Å². The molecule has 1 unspecified atom stereocenters. The minimum atomic E-state index is -0.496. The van der Waals surface area contributed by atoms with E-state index in [4.69, 9.17) is 9.47 Å². The zero-order chi connectivity index (χ0) is 13.5. The molecular weight excluding hydrogens is 242 g/mol. The van der Waals surface area contributed by atoms with Crippen LogP contribution in [0.2, 0.25) is 0 Å². The number of hydrogen-bond acceptors (Lipinski definition) is 4. The highest BCUT2D eigenvalue weighted by atomic mass is 16.6. The molecule has 19 heavy (non-hydrogen) atoms. The molecule has 4 nitrogen and oxygen atoms in total. The van der Waals surface area contributed by atoms with Crippen LogP contribution in [0.25, 0.3) is 0 Å². The lowest BCUT2D eigenvalue weighted by Crippen LogP contribution is -2.37. The zero-order valence-corrected chi connectivity index (χ0v) is 11.4. The van der Waals surface area contributed by atoms with Crippen molar-refractivity contribution in [3.63, 3.8) is 0 Å². The van der Waals surface area contributed by atoms with E-state index < -0.39 is 6.10 Å². The van der Waals surface area contributed by atoms with E-state index in [2.05, 4.69) is 4.98 Å². The van der Waals surface area contributed by atoms with Gasteiger partial charge in [-0.1, -0.05) is 19.3 Å². The molecule has 1 heterocycles. The molecule has 0 spiro atoms. The van der Waals surface area contributed by atoms with Gasteiger partial charge in [0.25, 0.3) is 0 Å². The second-order valence-electron chi connectivity index (χ2n) is 4.88. The zero-order valence-electron chi connectivity index (χ0n) is 11.4. The van der Waals surface area contributed by atoms with E-state index >= 15 is 0 Å². The van der Waals surface area contributed by atoms with Crippen LogP contribution in [0, 0.1) is 5.92 Å². The van der Waals surface area contributed by atoms with Gasteiger partial charge in [-0.15, -0.1) is 0 Å². The molecule has 1 aliphatic rings. The van der Waals surface area contributed by atoms with Crippen LogP contribution in [-0.4, -0.2) is 23.7 Å². The molecule has 1 atom stereocenters. The SMILES string of the molecule is CCOC(=O)C(Oc1cccnc1)C1CCCCC1. The van der Waals surface area contributed by atoms with E-state index in [1.807, 2.05) is 13.0 Å². The van der Waals surface area contributed by atoms with E-state index in [1.165, 1.54) is 6.42 Å². The van der Waals surface area contributed by atoms with Crippen molar-refractivity contribution in [1.82, 2.24) is 4.98 Å². The Bertz CT molecular complexity index is 388. The van der Waals surface area contributed by atoms with Crippen LogP contribution in [0.15, 0.2) is 24.5 Å². The maximum Gasteiger partial charge on any atom is 0.347 e. The first kappa shape index (κ1) is 13.8. The summed E-state index contributed by atoms with van der Waals surface area (Å²) >= 11 is 0. The molecule has 0 amide bonds. The van der Waals surface area contributed by atoms with Gasteiger partial charge in [0.15, 0.2) is 6.10 Å². The largest absolute Gasteiger partial charge is 0.477 e. The molecule has 2 rings (SSSR count). The molecule has 1 aromatic rings. The molecule has 0 saturated heterocycles. The van der Waals surface area contributed by atoms with Crippen LogP contribution in [0.1, 0.15) is 39.0 Å². The standard InChI is InChI=1S/C15H21NO3/c1-2-18-15(17)14(12-7-4-3-5-8-12)19-13-9-6-10-16-11-13/h6,9-12,14H,2-5,7-8H2,1H3. The summed E-state index contributed by atoms with van der Waals surface area (Å²) in [6, 6.07) is 3.63. The third-order valence-corrected chi connectivity index (χ3v) is 3.49. The van der Waals surface area contributed by atoms with Gasteiger partial charge in [-0.25, -0.2) is 4.79 Å². The number of esters is 1. The number of aromatic nitrogens is 1. The Morgan fingerprint density at radius 2 is 2.21 bits per heavy atom. The maximum absolute atomic E-state index is 12.1. The summed E-state index contributed by atoms with van der Waals surface area (Å²) in [7, 11) is 0. The number of carbonyl (C=O) groups is 1. The van der Waals surface area contributed by atoms with Crippen LogP contribution < -0.4 is 4.74 Å². The third-order valence-electron chi connectivity index (χ3n) is 3.49. The Hall–Kier alpha value is -1.58. The summed E-state index contributed by atoms with van der Waals surface area (Å²) in [5.74, 6) is 0.636. The molecular formula is C15H21NO3. The van der Waals surface area contributed by atoms with Gasteiger partial charge >= 0.3 is 5.97 Å². The minimum Gasteiger partial charge on any atom is -0.477 e. The average molecular weight is 263 g/mol. The monoisotopic (exact) mass is 263 g/mol. The maximum atomic E-state index is 12.1. The molecule has 0 aliphatic heterocycles. The third kappa shape index (κ3) is 3.94. The Kier molecular flexibility index (Phi) is 5.19.